The fourth-order valence-electron chi connectivity index (χ4n) is 4.21. The topological polar surface area (TPSA) is 90.7 Å². The van der Waals surface area contributed by atoms with Crippen LogP contribution in [-0.2, 0) is 17.8 Å². The van der Waals surface area contributed by atoms with Gasteiger partial charge in [0.25, 0.3) is 5.91 Å². The zero-order valence-electron chi connectivity index (χ0n) is 23.6. The van der Waals surface area contributed by atoms with Crippen molar-refractivity contribution in [3.63, 3.8) is 0 Å². The first-order chi connectivity index (χ1) is 18.8. The van der Waals surface area contributed by atoms with E-state index in [0.717, 1.165) is 5.56 Å². The second-order valence-corrected chi connectivity index (χ2v) is 9.09. The second-order valence-electron chi connectivity index (χ2n) is 9.09. The Balaban J connectivity index is 1.84. The molecular formula is C30H38N2O7. The van der Waals surface area contributed by atoms with E-state index in [2.05, 4.69) is 0 Å². The standard InChI is InChI=1S/C30H38N2O7/c1-7-21(2)32(30(34)25-12-11-23(35-3)18-27(25)37-5)20-29(33)31(19-24-9-8-16-39-24)15-14-22-10-13-26(36-4)28(17-22)38-6/h8-13,16-18,21H,7,14-15,19-20H2,1-6H3. The molecule has 2 aromatic carbocycles. The smallest absolute Gasteiger partial charge is 0.258 e. The van der Waals surface area contributed by atoms with E-state index in [4.69, 9.17) is 23.4 Å². The molecule has 1 atom stereocenters. The lowest BCUT2D eigenvalue weighted by Crippen LogP contribution is -2.47. The highest BCUT2D eigenvalue weighted by molar-refractivity contribution is 5.99. The Morgan fingerprint density at radius 3 is 2.26 bits per heavy atom. The Labute approximate surface area is 230 Å². The van der Waals surface area contributed by atoms with E-state index in [1.54, 1.807) is 61.7 Å². The predicted octanol–water partition coefficient (Wildman–Crippen LogP) is 4.83. The van der Waals surface area contributed by atoms with E-state index in [-0.39, 0.29) is 30.9 Å². The van der Waals surface area contributed by atoms with E-state index >= 15 is 0 Å². The minimum Gasteiger partial charge on any atom is -0.497 e. The highest BCUT2D eigenvalue weighted by Gasteiger charge is 2.28. The fraction of sp³-hybridized carbons (Fsp3) is 0.400. The molecule has 1 unspecified atom stereocenters. The summed E-state index contributed by atoms with van der Waals surface area (Å²) in [7, 11) is 6.24. The zero-order chi connectivity index (χ0) is 28.4. The van der Waals surface area contributed by atoms with Gasteiger partial charge in [-0.05, 0) is 61.7 Å². The summed E-state index contributed by atoms with van der Waals surface area (Å²) in [6.07, 6.45) is 2.84. The molecule has 39 heavy (non-hydrogen) atoms. The average molecular weight is 539 g/mol. The summed E-state index contributed by atoms with van der Waals surface area (Å²) in [4.78, 5) is 30.7. The van der Waals surface area contributed by atoms with Crippen LogP contribution in [0.1, 0.15) is 41.9 Å². The third-order valence-corrected chi connectivity index (χ3v) is 6.73. The van der Waals surface area contributed by atoms with Crippen molar-refractivity contribution in [3.05, 3.63) is 71.7 Å². The maximum atomic E-state index is 13.7. The molecule has 9 heteroatoms. The molecule has 2 amide bonds. The van der Waals surface area contributed by atoms with Gasteiger partial charge in [0, 0.05) is 18.7 Å². The van der Waals surface area contributed by atoms with Crippen LogP contribution in [0, 0.1) is 0 Å². The summed E-state index contributed by atoms with van der Waals surface area (Å²) in [5.41, 5.74) is 1.36. The van der Waals surface area contributed by atoms with Crippen LogP contribution in [0.5, 0.6) is 23.0 Å². The lowest BCUT2D eigenvalue weighted by molar-refractivity contribution is -0.133. The monoisotopic (exact) mass is 538 g/mol. The van der Waals surface area contributed by atoms with Crippen molar-refractivity contribution >= 4 is 11.8 Å². The van der Waals surface area contributed by atoms with Gasteiger partial charge in [0.1, 0.15) is 23.8 Å². The number of amides is 2. The molecule has 3 rings (SSSR count). The van der Waals surface area contributed by atoms with Crippen LogP contribution in [0.3, 0.4) is 0 Å². The molecule has 9 nitrogen and oxygen atoms in total. The number of hydrogen-bond donors (Lipinski definition) is 0. The van der Waals surface area contributed by atoms with E-state index < -0.39 is 0 Å². The number of carbonyl (C=O) groups excluding carboxylic acids is 2. The van der Waals surface area contributed by atoms with Gasteiger partial charge in [0.05, 0.1) is 46.8 Å². The van der Waals surface area contributed by atoms with Crippen molar-refractivity contribution in [2.24, 2.45) is 0 Å². The lowest BCUT2D eigenvalue weighted by atomic mass is 10.1. The second kappa shape index (κ2) is 14.1. The Hall–Kier alpha value is -4.14. The average Bonchev–Trinajstić information content (AvgIpc) is 3.49. The molecule has 0 spiro atoms. The summed E-state index contributed by atoms with van der Waals surface area (Å²) >= 11 is 0. The summed E-state index contributed by atoms with van der Waals surface area (Å²) in [6, 6.07) is 14.2. The molecule has 0 N–H and O–H groups in total. The van der Waals surface area contributed by atoms with Crippen molar-refractivity contribution in [2.75, 3.05) is 41.5 Å². The van der Waals surface area contributed by atoms with Crippen LogP contribution in [-0.4, -0.2) is 69.2 Å². The molecule has 0 aliphatic heterocycles. The number of rotatable bonds is 14. The highest BCUT2D eigenvalue weighted by atomic mass is 16.5. The SMILES string of the molecule is CCC(C)N(CC(=O)N(CCc1ccc(OC)c(OC)c1)Cc1ccco1)C(=O)c1ccc(OC)cc1OC. The number of hydrogen-bond acceptors (Lipinski definition) is 7. The number of methoxy groups -OCH3 is 4. The molecule has 1 aromatic heterocycles. The van der Waals surface area contributed by atoms with E-state index in [1.165, 1.54) is 7.11 Å². The van der Waals surface area contributed by atoms with Crippen LogP contribution >= 0.6 is 0 Å². The third-order valence-electron chi connectivity index (χ3n) is 6.73. The van der Waals surface area contributed by atoms with Crippen LogP contribution in [0.2, 0.25) is 0 Å². The quantitative estimate of drug-likeness (QED) is 0.290. The first-order valence-electron chi connectivity index (χ1n) is 12.9. The van der Waals surface area contributed by atoms with Crippen LogP contribution in [0.15, 0.2) is 59.2 Å². The predicted molar refractivity (Wildman–Crippen MR) is 148 cm³/mol. The van der Waals surface area contributed by atoms with Gasteiger partial charge in [-0.2, -0.15) is 0 Å². The van der Waals surface area contributed by atoms with Gasteiger partial charge in [-0.1, -0.05) is 13.0 Å². The first-order valence-corrected chi connectivity index (χ1v) is 12.9. The van der Waals surface area contributed by atoms with Crippen molar-refractivity contribution in [3.8, 4) is 23.0 Å². The molecule has 0 aliphatic carbocycles. The minimum atomic E-state index is -0.282. The summed E-state index contributed by atoms with van der Waals surface area (Å²) < 4.78 is 27.0. The van der Waals surface area contributed by atoms with E-state index in [9.17, 15) is 9.59 Å². The van der Waals surface area contributed by atoms with Gasteiger partial charge < -0.3 is 33.2 Å². The third kappa shape index (κ3) is 7.46. The Bertz CT molecular complexity index is 1230. The van der Waals surface area contributed by atoms with Crippen molar-refractivity contribution in [1.29, 1.82) is 0 Å². The Morgan fingerprint density at radius 1 is 0.897 bits per heavy atom. The van der Waals surface area contributed by atoms with Gasteiger partial charge in [0.15, 0.2) is 11.5 Å². The molecule has 0 radical (unpaired) electrons. The largest absolute Gasteiger partial charge is 0.497 e. The Morgan fingerprint density at radius 2 is 1.64 bits per heavy atom. The van der Waals surface area contributed by atoms with Gasteiger partial charge >= 0.3 is 0 Å². The molecule has 3 aromatic rings. The maximum absolute atomic E-state index is 13.7. The van der Waals surface area contributed by atoms with Gasteiger partial charge in [-0.3, -0.25) is 9.59 Å². The number of nitrogens with zero attached hydrogens (tertiary/aromatic N) is 2. The summed E-state index contributed by atoms with van der Waals surface area (Å²) in [6.45, 7) is 4.53. The van der Waals surface area contributed by atoms with E-state index in [0.29, 0.717) is 53.7 Å². The number of ether oxygens (including phenoxy) is 4. The normalized spacial score (nSPS) is 11.4. The van der Waals surface area contributed by atoms with Gasteiger partial charge in [-0.25, -0.2) is 0 Å². The maximum Gasteiger partial charge on any atom is 0.258 e. The van der Waals surface area contributed by atoms with Gasteiger partial charge in [-0.15, -0.1) is 0 Å². The van der Waals surface area contributed by atoms with Crippen LogP contribution in [0.25, 0.3) is 0 Å². The molecule has 0 bridgehead atoms. The Kier molecular flexibility index (Phi) is 10.7. The fourth-order valence-corrected chi connectivity index (χ4v) is 4.21. The molecule has 0 saturated heterocycles. The first kappa shape index (κ1) is 29.4. The molecule has 0 aliphatic rings. The van der Waals surface area contributed by atoms with Crippen LogP contribution in [0.4, 0.5) is 0 Å². The number of carbonyl (C=O) groups is 2. The van der Waals surface area contributed by atoms with Crippen molar-refractivity contribution in [1.82, 2.24) is 9.80 Å². The number of furan rings is 1. The van der Waals surface area contributed by atoms with Gasteiger partial charge in [0.2, 0.25) is 5.91 Å². The summed E-state index contributed by atoms with van der Waals surface area (Å²) in [5.74, 6) is 2.43. The molecule has 1 heterocycles. The zero-order valence-corrected chi connectivity index (χ0v) is 23.6. The minimum absolute atomic E-state index is 0.0876. The van der Waals surface area contributed by atoms with Crippen molar-refractivity contribution < 1.29 is 33.0 Å². The number of benzene rings is 2. The molecule has 210 valence electrons. The molecule has 0 saturated carbocycles. The lowest BCUT2D eigenvalue weighted by Gasteiger charge is -2.31. The molecular weight excluding hydrogens is 500 g/mol. The van der Waals surface area contributed by atoms with Crippen LogP contribution < -0.4 is 18.9 Å². The van der Waals surface area contributed by atoms with E-state index in [1.807, 2.05) is 38.1 Å². The summed E-state index contributed by atoms with van der Waals surface area (Å²) in [5, 5.41) is 0. The molecule has 0 fully saturated rings. The van der Waals surface area contributed by atoms with Crippen molar-refractivity contribution in [2.45, 2.75) is 39.3 Å². The highest BCUT2D eigenvalue weighted by Crippen LogP contribution is 2.28.